The van der Waals surface area contributed by atoms with E-state index in [0.717, 1.165) is 17.5 Å². The first-order chi connectivity index (χ1) is 15.5. The normalized spacial score (nSPS) is 17.6. The molecule has 0 radical (unpaired) electrons. The Hall–Kier alpha value is -3.32. The van der Waals surface area contributed by atoms with E-state index in [-0.39, 0.29) is 11.3 Å². The second-order valence-corrected chi connectivity index (χ2v) is 7.50. The van der Waals surface area contributed by atoms with E-state index in [2.05, 4.69) is 6.92 Å². The van der Waals surface area contributed by atoms with Crippen LogP contribution in [0.3, 0.4) is 0 Å². The highest BCUT2D eigenvalue weighted by molar-refractivity contribution is 6.46. The molecule has 1 aliphatic heterocycles. The number of aliphatic hydroxyl groups is 1. The summed E-state index contributed by atoms with van der Waals surface area (Å²) < 4.78 is 15.7. The van der Waals surface area contributed by atoms with E-state index in [4.69, 9.17) is 14.2 Å². The quantitative estimate of drug-likeness (QED) is 0.277. The number of amides is 1. The Morgan fingerprint density at radius 1 is 1.03 bits per heavy atom. The summed E-state index contributed by atoms with van der Waals surface area (Å²) in [4.78, 5) is 27.5. The second kappa shape index (κ2) is 10.3. The number of aliphatic hydroxyl groups excluding tert-OH is 1. The molecule has 1 amide bonds. The summed E-state index contributed by atoms with van der Waals surface area (Å²) in [6.07, 6.45) is 1.44. The highest BCUT2D eigenvalue weighted by Gasteiger charge is 2.46. The maximum atomic E-state index is 13.1. The lowest BCUT2D eigenvalue weighted by molar-refractivity contribution is -0.140. The number of benzene rings is 2. The molecule has 0 aromatic heterocycles. The molecule has 3 rings (SSSR count). The van der Waals surface area contributed by atoms with Gasteiger partial charge in [0.2, 0.25) is 0 Å². The molecule has 0 spiro atoms. The number of hydrogen-bond donors (Lipinski definition) is 1. The number of aryl methyl sites for hydroxylation is 1. The Kier molecular flexibility index (Phi) is 7.53. The van der Waals surface area contributed by atoms with E-state index in [0.29, 0.717) is 36.6 Å². The zero-order valence-corrected chi connectivity index (χ0v) is 18.9. The van der Waals surface area contributed by atoms with Crippen molar-refractivity contribution < 1.29 is 28.9 Å². The van der Waals surface area contributed by atoms with Gasteiger partial charge in [-0.15, -0.1) is 0 Å². The van der Waals surface area contributed by atoms with Gasteiger partial charge >= 0.3 is 0 Å². The van der Waals surface area contributed by atoms with Gasteiger partial charge in [-0.1, -0.05) is 31.2 Å². The van der Waals surface area contributed by atoms with Crippen LogP contribution < -0.4 is 9.47 Å². The molecule has 7 heteroatoms. The van der Waals surface area contributed by atoms with Crippen molar-refractivity contribution in [3.8, 4) is 11.5 Å². The summed E-state index contributed by atoms with van der Waals surface area (Å²) in [5, 5.41) is 11.2. The fourth-order valence-electron chi connectivity index (χ4n) is 3.91. The molecule has 1 saturated heterocycles. The topological polar surface area (TPSA) is 85.3 Å². The molecule has 1 N–H and O–H groups in total. The lowest BCUT2D eigenvalue weighted by atomic mass is 9.94. The Morgan fingerprint density at radius 2 is 1.75 bits per heavy atom. The number of hydrogen-bond acceptors (Lipinski definition) is 6. The van der Waals surface area contributed by atoms with E-state index in [1.165, 1.54) is 19.1 Å². The van der Waals surface area contributed by atoms with Gasteiger partial charge in [-0.05, 0) is 36.1 Å². The smallest absolute Gasteiger partial charge is 0.295 e. The molecule has 2 aromatic rings. The van der Waals surface area contributed by atoms with Crippen LogP contribution in [-0.2, 0) is 20.7 Å². The SMILES string of the molecule is CCc1ccc(C2/C(=C(/O)c3ccc(OC)cc3OC)C(=O)C(=O)N2CCCOC)cc1. The lowest BCUT2D eigenvalue weighted by Gasteiger charge is -2.25. The van der Waals surface area contributed by atoms with Crippen LogP contribution >= 0.6 is 0 Å². The van der Waals surface area contributed by atoms with E-state index in [9.17, 15) is 14.7 Å². The first-order valence-electron chi connectivity index (χ1n) is 10.5. The third-order valence-corrected chi connectivity index (χ3v) is 5.65. The van der Waals surface area contributed by atoms with Gasteiger partial charge in [0.05, 0.1) is 31.4 Å². The number of ether oxygens (including phenoxy) is 3. The Balaban J connectivity index is 2.15. The molecule has 0 aliphatic carbocycles. The minimum atomic E-state index is -0.720. The average Bonchev–Trinajstić information content (AvgIpc) is 3.08. The summed E-state index contributed by atoms with van der Waals surface area (Å²) >= 11 is 0. The van der Waals surface area contributed by atoms with Crippen LogP contribution in [0.1, 0.15) is 36.1 Å². The predicted molar refractivity (Wildman–Crippen MR) is 121 cm³/mol. The molecule has 0 bridgehead atoms. The van der Waals surface area contributed by atoms with Crippen molar-refractivity contribution in [1.29, 1.82) is 0 Å². The molecule has 1 aliphatic rings. The van der Waals surface area contributed by atoms with E-state index < -0.39 is 17.7 Å². The van der Waals surface area contributed by atoms with Crippen LogP contribution in [0.15, 0.2) is 48.0 Å². The molecule has 1 atom stereocenters. The predicted octanol–water partition coefficient (Wildman–Crippen LogP) is 3.72. The maximum absolute atomic E-state index is 13.1. The molecule has 2 aromatic carbocycles. The van der Waals surface area contributed by atoms with Crippen molar-refractivity contribution >= 4 is 17.4 Å². The summed E-state index contributed by atoms with van der Waals surface area (Å²) in [5.74, 6) is -0.749. The molecule has 0 saturated carbocycles. The van der Waals surface area contributed by atoms with Gasteiger partial charge in [0, 0.05) is 26.3 Å². The molecule has 1 unspecified atom stereocenters. The Bertz CT molecular complexity index is 1010. The number of rotatable bonds is 9. The van der Waals surface area contributed by atoms with Gasteiger partial charge in [-0.3, -0.25) is 9.59 Å². The second-order valence-electron chi connectivity index (χ2n) is 7.50. The lowest BCUT2D eigenvalue weighted by Crippen LogP contribution is -2.31. The molecular weight excluding hydrogens is 410 g/mol. The Morgan fingerprint density at radius 3 is 2.34 bits per heavy atom. The zero-order valence-electron chi connectivity index (χ0n) is 18.9. The van der Waals surface area contributed by atoms with E-state index in [1.54, 1.807) is 25.3 Å². The monoisotopic (exact) mass is 439 g/mol. The van der Waals surface area contributed by atoms with Crippen LogP contribution in [0.5, 0.6) is 11.5 Å². The fourth-order valence-corrected chi connectivity index (χ4v) is 3.91. The van der Waals surface area contributed by atoms with Gasteiger partial charge in [-0.2, -0.15) is 0 Å². The molecular formula is C25H29NO6. The van der Waals surface area contributed by atoms with E-state index >= 15 is 0 Å². The highest BCUT2D eigenvalue weighted by Crippen LogP contribution is 2.41. The highest BCUT2D eigenvalue weighted by atomic mass is 16.5. The van der Waals surface area contributed by atoms with Crippen molar-refractivity contribution in [2.24, 2.45) is 0 Å². The van der Waals surface area contributed by atoms with Gasteiger partial charge in [0.15, 0.2) is 0 Å². The fraction of sp³-hybridized carbons (Fsp3) is 0.360. The zero-order chi connectivity index (χ0) is 23.3. The van der Waals surface area contributed by atoms with Gasteiger partial charge < -0.3 is 24.2 Å². The molecule has 1 fully saturated rings. The number of carbonyl (C=O) groups excluding carboxylic acids is 2. The van der Waals surface area contributed by atoms with Gasteiger partial charge in [-0.25, -0.2) is 0 Å². The first-order valence-corrected chi connectivity index (χ1v) is 10.5. The van der Waals surface area contributed by atoms with Crippen LogP contribution in [0.25, 0.3) is 5.76 Å². The number of likely N-dealkylation sites (tertiary alicyclic amines) is 1. The van der Waals surface area contributed by atoms with Gasteiger partial charge in [0.1, 0.15) is 17.3 Å². The van der Waals surface area contributed by atoms with Crippen molar-refractivity contribution in [3.05, 3.63) is 64.7 Å². The van der Waals surface area contributed by atoms with Crippen LogP contribution in [-0.4, -0.2) is 56.2 Å². The third kappa shape index (κ3) is 4.48. The largest absolute Gasteiger partial charge is 0.507 e. The third-order valence-electron chi connectivity index (χ3n) is 5.65. The number of methoxy groups -OCH3 is 3. The molecule has 170 valence electrons. The van der Waals surface area contributed by atoms with Crippen molar-refractivity contribution in [1.82, 2.24) is 4.90 Å². The van der Waals surface area contributed by atoms with Crippen LogP contribution in [0.4, 0.5) is 0 Å². The van der Waals surface area contributed by atoms with Crippen molar-refractivity contribution in [2.45, 2.75) is 25.8 Å². The van der Waals surface area contributed by atoms with E-state index in [1.807, 2.05) is 24.3 Å². The summed E-state index contributed by atoms with van der Waals surface area (Å²) in [6, 6.07) is 11.9. The first kappa shape index (κ1) is 23.3. The Labute approximate surface area is 188 Å². The average molecular weight is 440 g/mol. The minimum Gasteiger partial charge on any atom is -0.507 e. The summed E-state index contributed by atoms with van der Waals surface area (Å²) in [6.45, 7) is 2.84. The van der Waals surface area contributed by atoms with Crippen molar-refractivity contribution in [3.63, 3.8) is 0 Å². The molecule has 32 heavy (non-hydrogen) atoms. The molecule has 7 nitrogen and oxygen atoms in total. The summed E-state index contributed by atoms with van der Waals surface area (Å²) in [5.41, 5.74) is 2.26. The standard InChI is InChI=1S/C25H29NO6/c1-5-16-7-9-17(10-8-16)22-21(24(28)25(29)26(22)13-6-14-30-2)23(27)19-12-11-18(31-3)15-20(19)32-4/h7-12,15,22,27H,5-6,13-14H2,1-4H3/b23-21-. The number of ketones is 1. The minimum absolute atomic E-state index is 0.0418. The summed E-state index contributed by atoms with van der Waals surface area (Å²) in [7, 11) is 4.58. The van der Waals surface area contributed by atoms with Gasteiger partial charge in [0.25, 0.3) is 11.7 Å². The molecule has 1 heterocycles. The number of carbonyl (C=O) groups is 2. The van der Waals surface area contributed by atoms with Crippen LogP contribution in [0.2, 0.25) is 0 Å². The maximum Gasteiger partial charge on any atom is 0.295 e. The van der Waals surface area contributed by atoms with Crippen molar-refractivity contribution in [2.75, 3.05) is 34.5 Å². The number of Topliss-reactive ketones (excluding diaryl/α,β-unsaturated/α-hetero) is 1. The van der Waals surface area contributed by atoms with Crippen LogP contribution in [0, 0.1) is 0 Å². The number of nitrogens with zero attached hydrogens (tertiary/aromatic N) is 1.